The maximum atomic E-state index is 11.6. The van der Waals surface area contributed by atoms with Crippen molar-refractivity contribution in [3.8, 4) is 11.6 Å². The van der Waals surface area contributed by atoms with Crippen LogP contribution < -0.4 is 15.5 Å². The van der Waals surface area contributed by atoms with Gasteiger partial charge in [-0.3, -0.25) is 10.0 Å². The van der Waals surface area contributed by atoms with Gasteiger partial charge in [0.1, 0.15) is 5.75 Å². The van der Waals surface area contributed by atoms with Gasteiger partial charge in [-0.25, -0.2) is 4.98 Å². The van der Waals surface area contributed by atoms with E-state index < -0.39 is 11.9 Å². The first kappa shape index (κ1) is 12.6. The van der Waals surface area contributed by atoms with E-state index in [9.17, 15) is 10.0 Å². The van der Waals surface area contributed by atoms with E-state index in [1.807, 2.05) is 6.07 Å². The Morgan fingerprint density at radius 3 is 2.95 bits per heavy atom. The van der Waals surface area contributed by atoms with Gasteiger partial charge in [0.25, 0.3) is 5.91 Å². The maximum Gasteiger partial charge on any atom is 0.267 e. The number of hydroxylamine groups is 1. The molecule has 0 fully saturated rings. The number of pyridine rings is 1. The Bertz CT molecular complexity index is 645. The Balaban J connectivity index is 1.90. The topological polar surface area (TPSA) is 88.7 Å². The van der Waals surface area contributed by atoms with Crippen LogP contribution in [0, 0.1) is 0 Å². The standard InChI is InChI=1S/C14H13N3O3/c15-11-8-9-7-10(20-13-3-1-2-6-16-13)4-5-12(9)17(19)14(11)18/h1-7,11,19H,8,15H2. The molecule has 2 heterocycles. The van der Waals surface area contributed by atoms with E-state index >= 15 is 0 Å². The van der Waals surface area contributed by atoms with E-state index in [2.05, 4.69) is 4.98 Å². The summed E-state index contributed by atoms with van der Waals surface area (Å²) >= 11 is 0. The van der Waals surface area contributed by atoms with E-state index in [0.29, 0.717) is 28.8 Å². The van der Waals surface area contributed by atoms with Crippen LogP contribution in [0.2, 0.25) is 0 Å². The molecule has 1 aliphatic rings. The summed E-state index contributed by atoms with van der Waals surface area (Å²) in [5.41, 5.74) is 6.87. The van der Waals surface area contributed by atoms with E-state index in [0.717, 1.165) is 5.56 Å². The average molecular weight is 271 g/mol. The van der Waals surface area contributed by atoms with Crippen molar-refractivity contribution in [2.75, 3.05) is 5.06 Å². The van der Waals surface area contributed by atoms with E-state index in [1.54, 1.807) is 36.5 Å². The van der Waals surface area contributed by atoms with Crippen LogP contribution in [0.15, 0.2) is 42.6 Å². The van der Waals surface area contributed by atoms with Crippen LogP contribution in [-0.2, 0) is 11.2 Å². The second-order valence-electron chi connectivity index (χ2n) is 4.52. The number of rotatable bonds is 2. The van der Waals surface area contributed by atoms with Gasteiger partial charge in [-0.05, 0) is 36.2 Å². The van der Waals surface area contributed by atoms with Crippen molar-refractivity contribution in [2.45, 2.75) is 12.5 Å². The zero-order valence-corrected chi connectivity index (χ0v) is 10.6. The number of carbonyl (C=O) groups is 1. The molecule has 3 N–H and O–H groups in total. The minimum atomic E-state index is -0.738. The van der Waals surface area contributed by atoms with Gasteiger partial charge < -0.3 is 10.5 Å². The maximum absolute atomic E-state index is 11.6. The predicted octanol–water partition coefficient (Wildman–Crippen LogP) is 1.48. The lowest BCUT2D eigenvalue weighted by molar-refractivity contribution is -0.125. The molecule has 0 radical (unpaired) electrons. The largest absolute Gasteiger partial charge is 0.439 e. The number of amides is 1. The highest BCUT2D eigenvalue weighted by Crippen LogP contribution is 2.31. The van der Waals surface area contributed by atoms with Crippen LogP contribution in [0.3, 0.4) is 0 Å². The Morgan fingerprint density at radius 2 is 2.20 bits per heavy atom. The third-order valence-electron chi connectivity index (χ3n) is 3.11. The number of hydrogen-bond acceptors (Lipinski definition) is 5. The number of benzene rings is 1. The van der Waals surface area contributed by atoms with Gasteiger partial charge in [0.2, 0.25) is 5.88 Å². The van der Waals surface area contributed by atoms with E-state index in [-0.39, 0.29) is 0 Å². The highest BCUT2D eigenvalue weighted by Gasteiger charge is 2.29. The molecular weight excluding hydrogens is 258 g/mol. The average Bonchev–Trinajstić information content (AvgIpc) is 2.46. The van der Waals surface area contributed by atoms with Gasteiger partial charge in [0, 0.05) is 12.3 Å². The van der Waals surface area contributed by atoms with Crippen molar-refractivity contribution in [1.29, 1.82) is 0 Å². The van der Waals surface area contributed by atoms with Crippen LogP contribution >= 0.6 is 0 Å². The van der Waals surface area contributed by atoms with Crippen LogP contribution in [0.1, 0.15) is 5.56 Å². The third-order valence-corrected chi connectivity index (χ3v) is 3.11. The normalized spacial score (nSPS) is 17.8. The minimum absolute atomic E-state index is 0.366. The van der Waals surface area contributed by atoms with E-state index in [1.165, 1.54) is 0 Å². The number of aromatic nitrogens is 1. The zero-order valence-electron chi connectivity index (χ0n) is 10.6. The Morgan fingerprint density at radius 1 is 1.35 bits per heavy atom. The highest BCUT2D eigenvalue weighted by molar-refractivity contribution is 5.98. The molecule has 0 aliphatic carbocycles. The van der Waals surface area contributed by atoms with Gasteiger partial charge in [-0.2, -0.15) is 5.06 Å². The smallest absolute Gasteiger partial charge is 0.267 e. The molecule has 1 aromatic heterocycles. The summed E-state index contributed by atoms with van der Waals surface area (Å²) in [6.07, 6.45) is 2.00. The summed E-state index contributed by atoms with van der Waals surface area (Å²) in [5, 5.41) is 10.3. The molecule has 1 aliphatic heterocycles. The highest BCUT2D eigenvalue weighted by atomic mass is 16.5. The first-order valence-electron chi connectivity index (χ1n) is 6.15. The Hall–Kier alpha value is -2.44. The number of fused-ring (bicyclic) bond motifs is 1. The Labute approximate surface area is 115 Å². The van der Waals surface area contributed by atoms with Gasteiger partial charge >= 0.3 is 0 Å². The molecule has 6 nitrogen and oxygen atoms in total. The number of nitrogens with zero attached hydrogens (tertiary/aromatic N) is 2. The molecule has 1 atom stereocenters. The fourth-order valence-electron chi connectivity index (χ4n) is 2.12. The van der Waals surface area contributed by atoms with Gasteiger partial charge in [0.15, 0.2) is 0 Å². The zero-order chi connectivity index (χ0) is 14.1. The summed E-state index contributed by atoms with van der Waals surface area (Å²) in [7, 11) is 0. The van der Waals surface area contributed by atoms with Crippen LogP contribution in [-0.4, -0.2) is 22.1 Å². The van der Waals surface area contributed by atoms with Crippen molar-refractivity contribution in [3.63, 3.8) is 0 Å². The molecule has 1 unspecified atom stereocenters. The fourth-order valence-corrected chi connectivity index (χ4v) is 2.12. The van der Waals surface area contributed by atoms with Crippen molar-refractivity contribution in [2.24, 2.45) is 5.73 Å². The van der Waals surface area contributed by atoms with Gasteiger partial charge in [0.05, 0.1) is 11.7 Å². The summed E-state index contributed by atoms with van der Waals surface area (Å²) in [6, 6.07) is 9.67. The molecule has 3 rings (SSSR count). The number of hydrogen-bond donors (Lipinski definition) is 2. The second-order valence-corrected chi connectivity index (χ2v) is 4.52. The molecule has 0 bridgehead atoms. The van der Waals surface area contributed by atoms with Crippen molar-refractivity contribution >= 4 is 11.6 Å². The number of nitrogens with two attached hydrogens (primary N) is 1. The van der Waals surface area contributed by atoms with Crippen LogP contribution in [0.25, 0.3) is 0 Å². The summed E-state index contributed by atoms with van der Waals surface area (Å²) < 4.78 is 5.60. The fraction of sp³-hybridized carbons (Fsp3) is 0.143. The molecule has 20 heavy (non-hydrogen) atoms. The molecule has 6 heteroatoms. The van der Waals surface area contributed by atoms with Gasteiger partial charge in [-0.15, -0.1) is 0 Å². The van der Waals surface area contributed by atoms with Gasteiger partial charge in [-0.1, -0.05) is 6.07 Å². The molecule has 102 valence electrons. The van der Waals surface area contributed by atoms with Crippen LogP contribution in [0.5, 0.6) is 11.6 Å². The molecule has 0 saturated heterocycles. The molecule has 1 aromatic carbocycles. The molecule has 2 aromatic rings. The predicted molar refractivity (Wildman–Crippen MR) is 71.7 cm³/mol. The molecular formula is C14H13N3O3. The molecule has 0 spiro atoms. The Kier molecular flexibility index (Phi) is 3.09. The lowest BCUT2D eigenvalue weighted by atomic mass is 9.99. The number of anilines is 1. The van der Waals surface area contributed by atoms with Crippen LogP contribution in [0.4, 0.5) is 5.69 Å². The number of ether oxygens (including phenoxy) is 1. The monoisotopic (exact) mass is 271 g/mol. The summed E-state index contributed by atoms with van der Waals surface area (Å²) in [4.78, 5) is 15.6. The third kappa shape index (κ3) is 2.22. The first-order valence-corrected chi connectivity index (χ1v) is 6.15. The quantitative estimate of drug-likeness (QED) is 0.808. The van der Waals surface area contributed by atoms with Crippen molar-refractivity contribution in [3.05, 3.63) is 48.2 Å². The number of carbonyl (C=O) groups excluding carboxylic acids is 1. The minimum Gasteiger partial charge on any atom is -0.439 e. The molecule has 0 saturated carbocycles. The second kappa shape index (κ2) is 4.92. The lowest BCUT2D eigenvalue weighted by Gasteiger charge is -2.27. The molecule has 1 amide bonds. The first-order chi connectivity index (χ1) is 9.65. The summed E-state index contributed by atoms with van der Waals surface area (Å²) in [5.74, 6) is 0.554. The summed E-state index contributed by atoms with van der Waals surface area (Å²) in [6.45, 7) is 0. The lowest BCUT2D eigenvalue weighted by Crippen LogP contribution is -2.47. The van der Waals surface area contributed by atoms with Crippen molar-refractivity contribution in [1.82, 2.24) is 4.98 Å². The van der Waals surface area contributed by atoms with Crippen molar-refractivity contribution < 1.29 is 14.7 Å². The van der Waals surface area contributed by atoms with E-state index in [4.69, 9.17) is 10.5 Å². The SMILES string of the molecule is NC1Cc2cc(Oc3ccccn3)ccc2N(O)C1=O.